The summed E-state index contributed by atoms with van der Waals surface area (Å²) in [6, 6.07) is 8.33. The van der Waals surface area contributed by atoms with Crippen molar-refractivity contribution in [2.24, 2.45) is 5.92 Å². The summed E-state index contributed by atoms with van der Waals surface area (Å²) < 4.78 is 0. The maximum atomic E-state index is 11.7. The number of carboxylic acids is 1. The molecule has 5 nitrogen and oxygen atoms in total. The summed E-state index contributed by atoms with van der Waals surface area (Å²) in [7, 11) is 0. The van der Waals surface area contributed by atoms with Crippen LogP contribution in [0.2, 0.25) is 0 Å². The standard InChI is InChI=1S/C14H16N2O3/c1-10(14(18)19)3-2-8-16-13(17)12-6-4-11(9-15)5-7-12/h4-7,10H,2-3,8H2,1H3,(H,16,17)(H,18,19). The summed E-state index contributed by atoms with van der Waals surface area (Å²) in [5, 5.41) is 20.1. The maximum Gasteiger partial charge on any atom is 0.306 e. The third kappa shape index (κ3) is 4.80. The SMILES string of the molecule is CC(CCCNC(=O)c1ccc(C#N)cc1)C(=O)O. The van der Waals surface area contributed by atoms with Gasteiger partial charge in [-0.2, -0.15) is 5.26 Å². The Morgan fingerprint density at radius 3 is 2.53 bits per heavy atom. The molecule has 0 saturated carbocycles. The molecule has 0 aromatic heterocycles. The predicted octanol–water partition coefficient (Wildman–Crippen LogP) is 1.79. The molecule has 5 heteroatoms. The molecule has 1 atom stereocenters. The molecule has 1 aromatic carbocycles. The second-order valence-corrected chi connectivity index (χ2v) is 4.33. The Hall–Kier alpha value is -2.35. The number of carboxylic acid groups (broad SMARTS) is 1. The number of hydrogen-bond donors (Lipinski definition) is 2. The summed E-state index contributed by atoms with van der Waals surface area (Å²) in [4.78, 5) is 22.3. The van der Waals surface area contributed by atoms with Crippen LogP contribution < -0.4 is 5.32 Å². The Kier molecular flexibility index (Phi) is 5.55. The zero-order chi connectivity index (χ0) is 14.3. The van der Waals surface area contributed by atoms with Crippen LogP contribution in [0.3, 0.4) is 0 Å². The smallest absolute Gasteiger partial charge is 0.306 e. The average Bonchev–Trinajstić information content (AvgIpc) is 2.43. The number of carbonyl (C=O) groups excluding carboxylic acids is 1. The first-order valence-corrected chi connectivity index (χ1v) is 6.05. The molecule has 2 N–H and O–H groups in total. The van der Waals surface area contributed by atoms with Crippen molar-refractivity contribution in [2.75, 3.05) is 6.54 Å². The molecule has 0 aliphatic carbocycles. The highest BCUT2D eigenvalue weighted by molar-refractivity contribution is 5.94. The van der Waals surface area contributed by atoms with Gasteiger partial charge in [0.1, 0.15) is 0 Å². The number of carbonyl (C=O) groups is 2. The third-order valence-corrected chi connectivity index (χ3v) is 2.80. The highest BCUT2D eigenvalue weighted by Gasteiger charge is 2.10. The van der Waals surface area contributed by atoms with E-state index in [1.165, 1.54) is 0 Å². The van der Waals surface area contributed by atoms with E-state index in [2.05, 4.69) is 5.32 Å². The van der Waals surface area contributed by atoms with Crippen LogP contribution in [0.5, 0.6) is 0 Å². The molecule has 100 valence electrons. The molecule has 1 rings (SSSR count). The number of benzene rings is 1. The molecular formula is C14H16N2O3. The first kappa shape index (κ1) is 14.7. The van der Waals surface area contributed by atoms with E-state index >= 15 is 0 Å². The van der Waals surface area contributed by atoms with Crippen molar-refractivity contribution in [2.45, 2.75) is 19.8 Å². The largest absolute Gasteiger partial charge is 0.481 e. The van der Waals surface area contributed by atoms with Gasteiger partial charge >= 0.3 is 5.97 Å². The highest BCUT2D eigenvalue weighted by Crippen LogP contribution is 2.05. The van der Waals surface area contributed by atoms with Crippen LogP contribution in [0.25, 0.3) is 0 Å². The number of nitrogens with zero attached hydrogens (tertiary/aromatic N) is 1. The van der Waals surface area contributed by atoms with Crippen molar-refractivity contribution >= 4 is 11.9 Å². The molecule has 0 bridgehead atoms. The van der Waals surface area contributed by atoms with E-state index in [0.29, 0.717) is 30.5 Å². The van der Waals surface area contributed by atoms with Crippen molar-refractivity contribution in [3.8, 4) is 6.07 Å². The zero-order valence-corrected chi connectivity index (χ0v) is 10.7. The average molecular weight is 260 g/mol. The van der Waals surface area contributed by atoms with Gasteiger partial charge < -0.3 is 10.4 Å². The Balaban J connectivity index is 2.35. The summed E-state index contributed by atoms with van der Waals surface area (Å²) in [5.74, 6) is -1.43. The first-order valence-electron chi connectivity index (χ1n) is 6.05. The highest BCUT2D eigenvalue weighted by atomic mass is 16.4. The second kappa shape index (κ2) is 7.17. The Labute approximate surface area is 111 Å². The fourth-order valence-electron chi connectivity index (χ4n) is 1.53. The molecule has 1 unspecified atom stereocenters. The summed E-state index contributed by atoms with van der Waals surface area (Å²) in [5.41, 5.74) is 0.997. The summed E-state index contributed by atoms with van der Waals surface area (Å²) in [6.07, 6.45) is 1.15. The fourth-order valence-corrected chi connectivity index (χ4v) is 1.53. The van der Waals surface area contributed by atoms with Crippen molar-refractivity contribution in [1.29, 1.82) is 5.26 Å². The van der Waals surface area contributed by atoms with Crippen LogP contribution in [0.1, 0.15) is 35.7 Å². The van der Waals surface area contributed by atoms with Crippen LogP contribution in [-0.4, -0.2) is 23.5 Å². The van der Waals surface area contributed by atoms with Crippen molar-refractivity contribution in [1.82, 2.24) is 5.32 Å². The van der Waals surface area contributed by atoms with E-state index in [1.807, 2.05) is 6.07 Å². The molecule has 19 heavy (non-hydrogen) atoms. The van der Waals surface area contributed by atoms with E-state index in [0.717, 1.165) is 0 Å². The lowest BCUT2D eigenvalue weighted by Crippen LogP contribution is -2.25. The van der Waals surface area contributed by atoms with Gasteiger partial charge in [0.25, 0.3) is 5.91 Å². The molecule has 0 aliphatic heterocycles. The molecule has 0 saturated heterocycles. The van der Waals surface area contributed by atoms with Gasteiger partial charge in [0.15, 0.2) is 0 Å². The second-order valence-electron chi connectivity index (χ2n) is 4.33. The molecule has 1 amide bonds. The van der Waals surface area contributed by atoms with E-state index in [-0.39, 0.29) is 5.91 Å². The number of nitriles is 1. The van der Waals surface area contributed by atoms with Gasteiger partial charge in [-0.05, 0) is 37.1 Å². The zero-order valence-electron chi connectivity index (χ0n) is 10.7. The van der Waals surface area contributed by atoms with Gasteiger partial charge in [-0.25, -0.2) is 0 Å². The van der Waals surface area contributed by atoms with E-state index in [4.69, 9.17) is 10.4 Å². The van der Waals surface area contributed by atoms with E-state index in [9.17, 15) is 9.59 Å². The minimum absolute atomic E-state index is 0.215. The topological polar surface area (TPSA) is 90.2 Å². The lowest BCUT2D eigenvalue weighted by atomic mass is 10.1. The first-order chi connectivity index (χ1) is 9.04. The maximum absolute atomic E-state index is 11.7. The minimum atomic E-state index is -0.821. The lowest BCUT2D eigenvalue weighted by Gasteiger charge is -2.07. The van der Waals surface area contributed by atoms with Crippen molar-refractivity contribution in [3.05, 3.63) is 35.4 Å². The lowest BCUT2D eigenvalue weighted by molar-refractivity contribution is -0.141. The molecule has 1 aromatic rings. The molecule has 0 spiro atoms. The van der Waals surface area contributed by atoms with Crippen LogP contribution in [0.4, 0.5) is 0 Å². The predicted molar refractivity (Wildman–Crippen MR) is 69.5 cm³/mol. The summed E-state index contributed by atoms with van der Waals surface area (Å²) in [6.45, 7) is 2.08. The Morgan fingerprint density at radius 2 is 2.00 bits per heavy atom. The van der Waals surface area contributed by atoms with E-state index < -0.39 is 11.9 Å². The molecule has 0 fully saturated rings. The van der Waals surface area contributed by atoms with Gasteiger partial charge in [-0.3, -0.25) is 9.59 Å². The number of hydrogen-bond acceptors (Lipinski definition) is 3. The van der Waals surface area contributed by atoms with E-state index in [1.54, 1.807) is 31.2 Å². The summed E-state index contributed by atoms with van der Waals surface area (Å²) >= 11 is 0. The fraction of sp³-hybridized carbons (Fsp3) is 0.357. The molecule has 0 radical (unpaired) electrons. The number of amides is 1. The van der Waals surface area contributed by atoms with Gasteiger partial charge in [0, 0.05) is 12.1 Å². The quantitative estimate of drug-likeness (QED) is 0.763. The van der Waals surface area contributed by atoms with Gasteiger partial charge in [-0.15, -0.1) is 0 Å². The Bertz CT molecular complexity index is 488. The van der Waals surface area contributed by atoms with Crippen LogP contribution in [0, 0.1) is 17.2 Å². The van der Waals surface area contributed by atoms with Gasteiger partial charge in [0.05, 0.1) is 17.6 Å². The van der Waals surface area contributed by atoms with Crippen molar-refractivity contribution in [3.63, 3.8) is 0 Å². The third-order valence-electron chi connectivity index (χ3n) is 2.80. The Morgan fingerprint density at radius 1 is 1.37 bits per heavy atom. The molecule has 0 heterocycles. The van der Waals surface area contributed by atoms with Crippen LogP contribution >= 0.6 is 0 Å². The van der Waals surface area contributed by atoms with Gasteiger partial charge in [-0.1, -0.05) is 6.92 Å². The molecule has 0 aliphatic rings. The van der Waals surface area contributed by atoms with Crippen LogP contribution in [0.15, 0.2) is 24.3 Å². The minimum Gasteiger partial charge on any atom is -0.481 e. The van der Waals surface area contributed by atoms with Crippen LogP contribution in [-0.2, 0) is 4.79 Å². The molecular weight excluding hydrogens is 244 g/mol. The monoisotopic (exact) mass is 260 g/mol. The van der Waals surface area contributed by atoms with Crippen molar-refractivity contribution < 1.29 is 14.7 Å². The number of aliphatic carboxylic acids is 1. The van der Waals surface area contributed by atoms with Gasteiger partial charge in [0.2, 0.25) is 0 Å². The number of rotatable bonds is 6. The number of nitrogens with one attached hydrogen (secondary N) is 1. The normalized spacial score (nSPS) is 11.4.